The average Bonchev–Trinajstić information content (AvgIpc) is 2.88. The number of urea groups is 1. The highest BCUT2D eigenvalue weighted by Gasteiger charge is 2.29. The molecule has 36 heavy (non-hydrogen) atoms. The van der Waals surface area contributed by atoms with Crippen molar-refractivity contribution in [2.45, 2.75) is 31.2 Å². The Hall–Kier alpha value is -3.84. The molecule has 2 aliphatic heterocycles. The highest BCUT2D eigenvalue weighted by Crippen LogP contribution is 2.30. The van der Waals surface area contributed by atoms with Gasteiger partial charge in [0, 0.05) is 12.7 Å². The molecule has 0 radical (unpaired) electrons. The highest BCUT2D eigenvalue weighted by atomic mass is 19.2. The first kappa shape index (κ1) is 25.3. The zero-order valence-electron chi connectivity index (χ0n) is 19.5. The Kier molecular flexibility index (Phi) is 7.90. The maximum Gasteiger partial charge on any atom is 0.319 e. The predicted molar refractivity (Wildman–Crippen MR) is 126 cm³/mol. The number of benzene rings is 2. The Labute approximate surface area is 207 Å². The van der Waals surface area contributed by atoms with Gasteiger partial charge >= 0.3 is 6.03 Å². The van der Waals surface area contributed by atoms with Crippen molar-refractivity contribution < 1.29 is 22.8 Å². The molecule has 7 nitrogen and oxygen atoms in total. The molecule has 0 spiro atoms. The van der Waals surface area contributed by atoms with E-state index in [1.54, 1.807) is 6.07 Å². The number of rotatable bonds is 7. The van der Waals surface area contributed by atoms with Crippen LogP contribution in [0.15, 0.2) is 48.2 Å². The fraction of sp³-hybridized carbons (Fsp3) is 0.346. The lowest BCUT2D eigenvalue weighted by Crippen LogP contribution is -2.45. The van der Waals surface area contributed by atoms with Gasteiger partial charge in [0.1, 0.15) is 5.82 Å². The molecule has 2 aromatic carbocycles. The second-order valence-electron chi connectivity index (χ2n) is 8.89. The molecule has 3 N–H and O–H groups in total. The van der Waals surface area contributed by atoms with Crippen LogP contribution in [0.2, 0.25) is 0 Å². The van der Waals surface area contributed by atoms with E-state index in [0.29, 0.717) is 18.5 Å². The van der Waals surface area contributed by atoms with Crippen LogP contribution in [0.4, 0.5) is 18.0 Å². The molecule has 2 aromatic rings. The summed E-state index contributed by atoms with van der Waals surface area (Å²) in [5.41, 5.74) is 1.73. The minimum atomic E-state index is -1.06. The van der Waals surface area contributed by atoms with E-state index < -0.39 is 35.4 Å². The number of halogens is 3. The third kappa shape index (κ3) is 5.86. The molecular weight excluding hydrogens is 471 g/mol. The number of hydrogen-bond donors (Lipinski definition) is 3. The highest BCUT2D eigenvalue weighted by molar-refractivity contribution is 5.97. The van der Waals surface area contributed by atoms with Gasteiger partial charge in [-0.25, -0.2) is 18.0 Å². The second-order valence-corrected chi connectivity index (χ2v) is 8.89. The fourth-order valence-corrected chi connectivity index (χ4v) is 4.68. The minimum absolute atomic E-state index is 0.189. The van der Waals surface area contributed by atoms with Crippen LogP contribution in [0, 0.1) is 28.8 Å². The lowest BCUT2D eigenvalue weighted by atomic mass is 9.86. The number of carbonyl (C=O) groups excluding carboxylic acids is 2. The maximum atomic E-state index is 13.7. The summed E-state index contributed by atoms with van der Waals surface area (Å²) in [6.45, 7) is 2.83. The van der Waals surface area contributed by atoms with Gasteiger partial charge in [0.2, 0.25) is 0 Å². The van der Waals surface area contributed by atoms with E-state index in [0.717, 1.165) is 50.2 Å². The number of nitrogens with one attached hydrogen (secondary N) is 3. The van der Waals surface area contributed by atoms with Crippen molar-refractivity contribution in [2.24, 2.45) is 0 Å². The van der Waals surface area contributed by atoms with Crippen LogP contribution in [-0.2, 0) is 4.79 Å². The standard InChI is InChI=1S/C26H26F3N5O2/c27-19-3-4-20(18(12-19)14-30)16-6-10-34(11-7-16)9-1-8-31-25(35)21-15-32-26(36)33-24(21)17-2-5-22(28)23(29)13-17/h2-5,12-13,15-16,24H,1,6-11H2,(H,31,35)(H2,32,33,36)/t24-/m1/s1. The first-order chi connectivity index (χ1) is 17.4. The van der Waals surface area contributed by atoms with Gasteiger partial charge in [0.05, 0.1) is 23.2 Å². The number of carbonyl (C=O) groups is 2. The van der Waals surface area contributed by atoms with E-state index in [-0.39, 0.29) is 17.1 Å². The molecule has 4 rings (SSSR count). The summed E-state index contributed by atoms with van der Waals surface area (Å²) < 4.78 is 40.4. The molecule has 10 heteroatoms. The zero-order valence-corrected chi connectivity index (χ0v) is 19.5. The predicted octanol–water partition coefficient (Wildman–Crippen LogP) is 3.60. The molecule has 1 saturated heterocycles. The van der Waals surface area contributed by atoms with Crippen LogP contribution in [-0.4, -0.2) is 43.0 Å². The van der Waals surface area contributed by atoms with E-state index in [2.05, 4.69) is 26.9 Å². The van der Waals surface area contributed by atoms with Gasteiger partial charge in [-0.3, -0.25) is 4.79 Å². The number of likely N-dealkylation sites (tertiary alicyclic amines) is 1. The summed E-state index contributed by atoms with van der Waals surface area (Å²) in [5, 5.41) is 17.1. The van der Waals surface area contributed by atoms with Crippen LogP contribution in [0.3, 0.4) is 0 Å². The van der Waals surface area contributed by atoms with Gasteiger partial charge in [-0.1, -0.05) is 12.1 Å². The molecule has 188 valence electrons. The molecule has 0 bridgehead atoms. The topological polar surface area (TPSA) is 97.3 Å². The average molecular weight is 498 g/mol. The monoisotopic (exact) mass is 497 g/mol. The molecule has 2 aliphatic rings. The molecule has 0 unspecified atom stereocenters. The van der Waals surface area contributed by atoms with E-state index >= 15 is 0 Å². The number of nitriles is 1. The van der Waals surface area contributed by atoms with Crippen LogP contribution < -0.4 is 16.0 Å². The van der Waals surface area contributed by atoms with Crippen molar-refractivity contribution in [1.82, 2.24) is 20.9 Å². The van der Waals surface area contributed by atoms with Gasteiger partial charge in [0.15, 0.2) is 11.6 Å². The van der Waals surface area contributed by atoms with Gasteiger partial charge in [-0.15, -0.1) is 0 Å². The van der Waals surface area contributed by atoms with Crippen molar-refractivity contribution in [1.29, 1.82) is 5.26 Å². The van der Waals surface area contributed by atoms with E-state index in [4.69, 9.17) is 0 Å². The normalized spacial score (nSPS) is 18.6. The summed E-state index contributed by atoms with van der Waals surface area (Å²) in [7, 11) is 0. The first-order valence-electron chi connectivity index (χ1n) is 11.8. The molecule has 2 heterocycles. The van der Waals surface area contributed by atoms with Crippen LogP contribution in [0.25, 0.3) is 0 Å². The Morgan fingerprint density at radius 1 is 1.11 bits per heavy atom. The van der Waals surface area contributed by atoms with Crippen molar-refractivity contribution >= 4 is 11.9 Å². The smallest absolute Gasteiger partial charge is 0.319 e. The molecule has 0 saturated carbocycles. The molecule has 1 atom stereocenters. The minimum Gasteiger partial charge on any atom is -0.352 e. The fourth-order valence-electron chi connectivity index (χ4n) is 4.68. The van der Waals surface area contributed by atoms with Gasteiger partial charge in [-0.2, -0.15) is 5.26 Å². The summed E-state index contributed by atoms with van der Waals surface area (Å²) in [5.74, 6) is -2.69. The summed E-state index contributed by atoms with van der Waals surface area (Å²) in [4.78, 5) is 26.8. The second kappa shape index (κ2) is 11.3. The lowest BCUT2D eigenvalue weighted by molar-refractivity contribution is -0.117. The van der Waals surface area contributed by atoms with Crippen molar-refractivity contribution in [3.8, 4) is 6.07 Å². The van der Waals surface area contributed by atoms with E-state index in [1.165, 1.54) is 24.4 Å². The Balaban J connectivity index is 1.26. The lowest BCUT2D eigenvalue weighted by Gasteiger charge is -2.32. The van der Waals surface area contributed by atoms with Gasteiger partial charge in [0.25, 0.3) is 5.91 Å². The van der Waals surface area contributed by atoms with E-state index in [1.807, 2.05) is 0 Å². The number of piperidine rings is 1. The molecule has 3 amide bonds. The van der Waals surface area contributed by atoms with Crippen LogP contribution in [0.5, 0.6) is 0 Å². The molecule has 0 aromatic heterocycles. The van der Waals surface area contributed by atoms with Crippen LogP contribution >= 0.6 is 0 Å². The van der Waals surface area contributed by atoms with Gasteiger partial charge in [-0.05, 0) is 80.2 Å². The number of hydrogen-bond acceptors (Lipinski definition) is 4. The SMILES string of the molecule is N#Cc1cc(F)ccc1C1CCN(CCCNC(=O)C2=CNC(=O)N[C@@H]2c2ccc(F)c(F)c2)CC1. The Morgan fingerprint density at radius 2 is 1.89 bits per heavy atom. The quantitative estimate of drug-likeness (QED) is 0.510. The van der Waals surface area contributed by atoms with Crippen LogP contribution in [0.1, 0.15) is 47.9 Å². The molecule has 1 fully saturated rings. The van der Waals surface area contributed by atoms with Crippen molar-refractivity contribution in [3.63, 3.8) is 0 Å². The summed E-state index contributed by atoms with van der Waals surface area (Å²) in [6.07, 6.45) is 3.69. The largest absolute Gasteiger partial charge is 0.352 e. The summed E-state index contributed by atoms with van der Waals surface area (Å²) >= 11 is 0. The molecule has 0 aliphatic carbocycles. The number of nitrogens with zero attached hydrogens (tertiary/aromatic N) is 2. The Bertz CT molecular complexity index is 1220. The summed E-state index contributed by atoms with van der Waals surface area (Å²) in [6, 6.07) is 8.25. The first-order valence-corrected chi connectivity index (χ1v) is 11.8. The maximum absolute atomic E-state index is 13.7. The van der Waals surface area contributed by atoms with Gasteiger partial charge < -0.3 is 20.9 Å². The molecular formula is C26H26F3N5O2. The van der Waals surface area contributed by atoms with Crippen molar-refractivity contribution in [3.05, 3.63) is 82.3 Å². The van der Waals surface area contributed by atoms with E-state index in [9.17, 15) is 28.0 Å². The third-order valence-corrected chi connectivity index (χ3v) is 6.58. The zero-order chi connectivity index (χ0) is 25.7. The Morgan fingerprint density at radius 3 is 2.61 bits per heavy atom. The number of amides is 3. The van der Waals surface area contributed by atoms with Crippen molar-refractivity contribution in [2.75, 3.05) is 26.2 Å². The third-order valence-electron chi connectivity index (χ3n) is 6.58.